The van der Waals surface area contributed by atoms with Crippen molar-refractivity contribution in [2.24, 2.45) is 5.92 Å². The fraction of sp³-hybridized carbons (Fsp3) is 0.611. The zero-order valence-electron chi connectivity index (χ0n) is 15.5. The molecule has 0 bridgehead atoms. The molecule has 0 radical (unpaired) electrons. The molecular formula is C18H28N4O3S. The lowest BCUT2D eigenvalue weighted by Gasteiger charge is -2.36. The number of para-hydroxylation sites is 2. The van der Waals surface area contributed by atoms with Crippen molar-refractivity contribution in [3.05, 3.63) is 30.6 Å². The van der Waals surface area contributed by atoms with Gasteiger partial charge in [0.25, 0.3) is 0 Å². The number of nitrogens with zero attached hydrogens (tertiary/aromatic N) is 3. The highest BCUT2D eigenvalue weighted by atomic mass is 32.2. The molecule has 1 atom stereocenters. The second kappa shape index (κ2) is 8.47. The zero-order valence-corrected chi connectivity index (χ0v) is 16.3. The summed E-state index contributed by atoms with van der Waals surface area (Å²) in [6.45, 7) is 8.22. The van der Waals surface area contributed by atoms with E-state index in [9.17, 15) is 8.42 Å². The summed E-state index contributed by atoms with van der Waals surface area (Å²) in [6, 6.07) is 7.92. The number of ether oxygens (including phenoxy) is 1. The minimum absolute atomic E-state index is 0.0429. The first-order valence-electron chi connectivity index (χ1n) is 9.15. The predicted molar refractivity (Wildman–Crippen MR) is 103 cm³/mol. The number of imidazole rings is 1. The summed E-state index contributed by atoms with van der Waals surface area (Å²) in [5.41, 5.74) is 1.83. The Morgan fingerprint density at radius 3 is 2.69 bits per heavy atom. The molecule has 1 aliphatic heterocycles. The third-order valence-corrected chi connectivity index (χ3v) is 6.25. The van der Waals surface area contributed by atoms with Crippen LogP contribution in [0.2, 0.25) is 0 Å². The average molecular weight is 381 g/mol. The Balaban J connectivity index is 1.57. The Bertz CT molecular complexity index is 813. The molecule has 0 amide bonds. The lowest BCUT2D eigenvalue weighted by molar-refractivity contribution is 0.00776. The molecule has 1 aromatic heterocycles. The lowest BCUT2D eigenvalue weighted by Crippen LogP contribution is -2.51. The Morgan fingerprint density at radius 2 is 1.96 bits per heavy atom. The summed E-state index contributed by atoms with van der Waals surface area (Å²) in [5.74, 6) is 0.412. The van der Waals surface area contributed by atoms with Crippen LogP contribution in [-0.4, -0.2) is 67.5 Å². The summed E-state index contributed by atoms with van der Waals surface area (Å²) in [5, 5.41) is 0. The number of morpholine rings is 1. The van der Waals surface area contributed by atoms with E-state index < -0.39 is 10.0 Å². The van der Waals surface area contributed by atoms with E-state index in [-0.39, 0.29) is 11.8 Å². The highest BCUT2D eigenvalue weighted by Gasteiger charge is 2.25. The average Bonchev–Trinajstić information content (AvgIpc) is 3.04. The largest absolute Gasteiger partial charge is 0.379 e. The van der Waals surface area contributed by atoms with Gasteiger partial charge in [0, 0.05) is 32.2 Å². The summed E-state index contributed by atoms with van der Waals surface area (Å²) >= 11 is 0. The van der Waals surface area contributed by atoms with E-state index in [0.29, 0.717) is 32.2 Å². The molecule has 1 unspecified atom stereocenters. The van der Waals surface area contributed by atoms with Gasteiger partial charge in [0.2, 0.25) is 10.0 Å². The maximum absolute atomic E-state index is 12.5. The molecule has 2 aromatic rings. The van der Waals surface area contributed by atoms with Gasteiger partial charge in [0.15, 0.2) is 0 Å². The number of aryl methyl sites for hydroxylation is 1. The SMILES string of the molecule is CC(C)C(CNS(=O)(=O)CCn1cnc2ccccc21)N1CCOCC1. The molecule has 26 heavy (non-hydrogen) atoms. The predicted octanol–water partition coefficient (Wildman–Crippen LogP) is 1.31. The Labute approximate surface area is 155 Å². The molecule has 3 rings (SSSR count). The summed E-state index contributed by atoms with van der Waals surface area (Å²) in [4.78, 5) is 6.63. The zero-order chi connectivity index (χ0) is 18.6. The lowest BCUT2D eigenvalue weighted by atomic mass is 10.0. The summed E-state index contributed by atoms with van der Waals surface area (Å²) in [7, 11) is -3.35. The van der Waals surface area contributed by atoms with Crippen LogP contribution in [0.1, 0.15) is 13.8 Å². The van der Waals surface area contributed by atoms with Gasteiger partial charge in [-0.2, -0.15) is 0 Å². The van der Waals surface area contributed by atoms with Gasteiger partial charge >= 0.3 is 0 Å². The van der Waals surface area contributed by atoms with Crippen molar-refractivity contribution in [2.45, 2.75) is 26.4 Å². The van der Waals surface area contributed by atoms with Crippen LogP contribution >= 0.6 is 0 Å². The molecule has 8 heteroatoms. The molecule has 1 fully saturated rings. The molecule has 0 aliphatic carbocycles. The normalized spacial score (nSPS) is 17.8. The number of fused-ring (bicyclic) bond motifs is 1. The van der Waals surface area contributed by atoms with Gasteiger partial charge < -0.3 is 9.30 Å². The number of benzene rings is 1. The van der Waals surface area contributed by atoms with E-state index in [1.165, 1.54) is 0 Å². The van der Waals surface area contributed by atoms with Crippen molar-refractivity contribution in [3.63, 3.8) is 0 Å². The standard InChI is InChI=1S/C18H28N4O3S/c1-15(2)18(21-7-10-25-11-8-21)13-20-26(23,24)12-9-22-14-19-16-5-3-4-6-17(16)22/h3-6,14-15,18,20H,7-13H2,1-2H3. The van der Waals surface area contributed by atoms with Gasteiger partial charge in [0.1, 0.15) is 0 Å². The van der Waals surface area contributed by atoms with Crippen LogP contribution in [0.3, 0.4) is 0 Å². The van der Waals surface area contributed by atoms with Gasteiger partial charge in [-0.3, -0.25) is 4.90 Å². The van der Waals surface area contributed by atoms with Gasteiger partial charge in [0.05, 0.1) is 36.3 Å². The maximum Gasteiger partial charge on any atom is 0.213 e. The van der Waals surface area contributed by atoms with E-state index >= 15 is 0 Å². The van der Waals surface area contributed by atoms with Gasteiger partial charge in [-0.25, -0.2) is 18.1 Å². The van der Waals surface area contributed by atoms with E-state index in [1.54, 1.807) is 6.33 Å². The monoisotopic (exact) mass is 380 g/mol. The second-order valence-corrected chi connectivity index (χ2v) is 8.98. The van der Waals surface area contributed by atoms with Crippen molar-refractivity contribution in [2.75, 3.05) is 38.6 Å². The molecule has 2 heterocycles. The second-order valence-electron chi connectivity index (χ2n) is 7.05. The quantitative estimate of drug-likeness (QED) is 0.747. The van der Waals surface area contributed by atoms with Crippen molar-refractivity contribution >= 4 is 21.1 Å². The van der Waals surface area contributed by atoms with E-state index in [4.69, 9.17) is 4.74 Å². The minimum Gasteiger partial charge on any atom is -0.379 e. The van der Waals surface area contributed by atoms with Crippen molar-refractivity contribution in [3.8, 4) is 0 Å². The fourth-order valence-corrected chi connectivity index (χ4v) is 4.39. The molecule has 1 saturated heterocycles. The minimum atomic E-state index is -3.35. The Kier molecular flexibility index (Phi) is 6.29. The van der Waals surface area contributed by atoms with E-state index in [2.05, 4.69) is 28.5 Å². The van der Waals surface area contributed by atoms with Gasteiger partial charge in [-0.05, 0) is 18.1 Å². The van der Waals surface area contributed by atoms with Crippen LogP contribution in [-0.2, 0) is 21.3 Å². The van der Waals surface area contributed by atoms with Crippen LogP contribution in [0.5, 0.6) is 0 Å². The number of nitrogens with one attached hydrogen (secondary N) is 1. The molecule has 1 N–H and O–H groups in total. The fourth-order valence-electron chi connectivity index (χ4n) is 3.39. The molecular weight excluding hydrogens is 352 g/mol. The first-order chi connectivity index (χ1) is 12.5. The molecule has 0 saturated carbocycles. The number of aromatic nitrogens is 2. The highest BCUT2D eigenvalue weighted by molar-refractivity contribution is 7.89. The number of hydrogen-bond acceptors (Lipinski definition) is 5. The van der Waals surface area contributed by atoms with Crippen LogP contribution in [0.15, 0.2) is 30.6 Å². The van der Waals surface area contributed by atoms with Crippen molar-refractivity contribution in [1.29, 1.82) is 0 Å². The third kappa shape index (κ3) is 4.82. The van der Waals surface area contributed by atoms with Crippen LogP contribution < -0.4 is 4.72 Å². The molecule has 0 spiro atoms. The smallest absolute Gasteiger partial charge is 0.213 e. The van der Waals surface area contributed by atoms with Gasteiger partial charge in [-0.1, -0.05) is 26.0 Å². The number of sulfonamides is 1. The van der Waals surface area contributed by atoms with Gasteiger partial charge in [-0.15, -0.1) is 0 Å². The van der Waals surface area contributed by atoms with Crippen LogP contribution in [0, 0.1) is 5.92 Å². The molecule has 1 aromatic carbocycles. The Hall–Kier alpha value is -1.48. The topological polar surface area (TPSA) is 76.5 Å². The maximum atomic E-state index is 12.5. The summed E-state index contributed by atoms with van der Waals surface area (Å²) in [6.07, 6.45) is 1.70. The molecule has 1 aliphatic rings. The van der Waals surface area contributed by atoms with Crippen molar-refractivity contribution < 1.29 is 13.2 Å². The van der Waals surface area contributed by atoms with Crippen LogP contribution in [0.4, 0.5) is 0 Å². The van der Waals surface area contributed by atoms with E-state index in [1.807, 2.05) is 28.8 Å². The first-order valence-corrected chi connectivity index (χ1v) is 10.8. The first kappa shape index (κ1) is 19.3. The van der Waals surface area contributed by atoms with Crippen molar-refractivity contribution in [1.82, 2.24) is 19.2 Å². The molecule has 7 nitrogen and oxygen atoms in total. The third-order valence-electron chi connectivity index (χ3n) is 4.92. The van der Waals surface area contributed by atoms with E-state index in [0.717, 1.165) is 24.1 Å². The number of rotatable bonds is 8. The number of hydrogen-bond donors (Lipinski definition) is 1. The van der Waals surface area contributed by atoms with Crippen LogP contribution in [0.25, 0.3) is 11.0 Å². The summed E-state index contributed by atoms with van der Waals surface area (Å²) < 4.78 is 35.1. The highest BCUT2D eigenvalue weighted by Crippen LogP contribution is 2.14. The molecule has 144 valence electrons. The Morgan fingerprint density at radius 1 is 1.23 bits per heavy atom.